The summed E-state index contributed by atoms with van der Waals surface area (Å²) in [6, 6.07) is 13.5. The number of amides is 1. The fraction of sp³-hybridized carbons (Fsp3) is 0.212. The summed E-state index contributed by atoms with van der Waals surface area (Å²) in [4.78, 5) is 35.5. The van der Waals surface area contributed by atoms with Crippen molar-refractivity contribution in [2.75, 3.05) is 13.1 Å². The Kier molecular flexibility index (Phi) is 8.28. The van der Waals surface area contributed by atoms with Gasteiger partial charge in [-0.05, 0) is 49.6 Å². The maximum Gasteiger partial charge on any atom is 0.414 e. The Morgan fingerprint density at radius 2 is 1.67 bits per heavy atom. The monoisotopic (exact) mass is 609 g/mol. The van der Waals surface area contributed by atoms with Crippen LogP contribution in [-0.4, -0.2) is 53.6 Å². The van der Waals surface area contributed by atoms with Crippen molar-refractivity contribution in [3.05, 3.63) is 119 Å². The van der Waals surface area contributed by atoms with Crippen molar-refractivity contribution in [3.63, 3.8) is 0 Å². The number of carbonyl (C=O) groups is 1. The lowest BCUT2D eigenvalue weighted by Gasteiger charge is -2.31. The fourth-order valence-electron chi connectivity index (χ4n) is 5.24. The maximum atomic E-state index is 13.7. The summed E-state index contributed by atoms with van der Waals surface area (Å²) in [6.45, 7) is 6.56. The zero-order chi connectivity index (χ0) is 31.5. The Labute approximate surface area is 257 Å². The highest BCUT2D eigenvalue weighted by atomic mass is 19.1. The van der Waals surface area contributed by atoms with Gasteiger partial charge in [0.1, 0.15) is 11.6 Å². The third-order valence-electron chi connectivity index (χ3n) is 7.49. The van der Waals surface area contributed by atoms with Crippen molar-refractivity contribution >= 4 is 6.09 Å². The molecule has 6 rings (SSSR count). The summed E-state index contributed by atoms with van der Waals surface area (Å²) in [5.74, 6) is -0.570. The Morgan fingerprint density at radius 3 is 2.38 bits per heavy atom. The van der Waals surface area contributed by atoms with Gasteiger partial charge in [0.15, 0.2) is 5.82 Å². The van der Waals surface area contributed by atoms with Gasteiger partial charge in [-0.2, -0.15) is 10.2 Å². The molecule has 4 heterocycles. The van der Waals surface area contributed by atoms with E-state index in [2.05, 4.69) is 26.7 Å². The molecular weight excluding hydrogens is 580 g/mol. The van der Waals surface area contributed by atoms with E-state index >= 15 is 0 Å². The molecule has 228 valence electrons. The number of carbonyl (C=O) groups excluding carboxylic acids is 1. The maximum absolute atomic E-state index is 13.7. The zero-order valence-electron chi connectivity index (χ0n) is 24.4. The SMILES string of the molecule is C=C(C)OC(=O)N1CCC(n2cc(-c3cnc(-c4cccc(Cn5nc(-c6cc(F)cc(F)c6)ccc5=O)c4)nc3)cn2)CC1. The molecule has 1 saturated heterocycles. The zero-order valence-corrected chi connectivity index (χ0v) is 24.4. The lowest BCUT2D eigenvalue weighted by Crippen LogP contribution is -2.39. The van der Waals surface area contributed by atoms with Gasteiger partial charge < -0.3 is 9.64 Å². The third kappa shape index (κ3) is 6.85. The standard InChI is InChI=1S/C33H29F2N7O3/c1-21(2)45-33(44)40-10-8-29(9-11-40)41-20-26(18-38-41)25-16-36-32(37-17-25)23-5-3-4-22(12-23)19-42-31(43)7-6-30(39-42)24-13-27(34)15-28(35)14-24/h3-7,12-18,20,29H,1,8-11,19H2,2H3. The molecule has 1 aliphatic heterocycles. The van der Waals surface area contributed by atoms with Crippen LogP contribution in [0.2, 0.25) is 0 Å². The molecule has 2 aromatic carbocycles. The molecule has 0 unspecified atom stereocenters. The van der Waals surface area contributed by atoms with Crippen LogP contribution in [0.5, 0.6) is 0 Å². The smallest absolute Gasteiger partial charge is 0.414 e. The molecule has 5 aromatic rings. The van der Waals surface area contributed by atoms with Crippen LogP contribution >= 0.6 is 0 Å². The number of hydrogen-bond acceptors (Lipinski definition) is 7. The molecule has 0 aliphatic carbocycles. The van der Waals surface area contributed by atoms with Gasteiger partial charge in [-0.25, -0.2) is 28.2 Å². The molecule has 0 N–H and O–H groups in total. The minimum Gasteiger partial charge on any atom is -0.416 e. The highest BCUT2D eigenvalue weighted by Gasteiger charge is 2.25. The molecule has 45 heavy (non-hydrogen) atoms. The van der Waals surface area contributed by atoms with Crippen LogP contribution < -0.4 is 5.56 Å². The number of halogens is 2. The molecule has 12 heteroatoms. The topological polar surface area (TPSA) is 108 Å². The van der Waals surface area contributed by atoms with E-state index in [1.807, 2.05) is 35.1 Å². The summed E-state index contributed by atoms with van der Waals surface area (Å²) in [7, 11) is 0. The lowest BCUT2D eigenvalue weighted by atomic mass is 10.1. The van der Waals surface area contributed by atoms with Crippen LogP contribution in [0.4, 0.5) is 13.6 Å². The number of nitrogens with zero attached hydrogens (tertiary/aromatic N) is 7. The molecule has 0 saturated carbocycles. The summed E-state index contributed by atoms with van der Waals surface area (Å²) < 4.78 is 35.8. The summed E-state index contributed by atoms with van der Waals surface area (Å²) in [5, 5.41) is 8.88. The second-order valence-electron chi connectivity index (χ2n) is 10.9. The first-order valence-corrected chi connectivity index (χ1v) is 14.3. The Balaban J connectivity index is 1.13. The van der Waals surface area contributed by atoms with E-state index in [0.717, 1.165) is 41.2 Å². The first-order valence-electron chi connectivity index (χ1n) is 14.3. The predicted octanol–water partition coefficient (Wildman–Crippen LogP) is 5.86. The van der Waals surface area contributed by atoms with Gasteiger partial charge in [-0.15, -0.1) is 0 Å². The van der Waals surface area contributed by atoms with E-state index in [1.54, 1.807) is 30.4 Å². The van der Waals surface area contributed by atoms with Gasteiger partial charge >= 0.3 is 6.09 Å². The van der Waals surface area contributed by atoms with Gasteiger partial charge in [0.25, 0.3) is 5.56 Å². The number of ether oxygens (including phenoxy) is 1. The van der Waals surface area contributed by atoms with Crippen LogP contribution in [0.3, 0.4) is 0 Å². The summed E-state index contributed by atoms with van der Waals surface area (Å²) >= 11 is 0. The van der Waals surface area contributed by atoms with Crippen molar-refractivity contribution in [1.29, 1.82) is 0 Å². The number of piperidine rings is 1. The summed E-state index contributed by atoms with van der Waals surface area (Å²) in [5.41, 5.74) is 3.38. The van der Waals surface area contributed by atoms with E-state index < -0.39 is 11.6 Å². The van der Waals surface area contributed by atoms with E-state index in [4.69, 9.17) is 4.74 Å². The largest absolute Gasteiger partial charge is 0.416 e. The van der Waals surface area contributed by atoms with Crippen LogP contribution in [-0.2, 0) is 11.3 Å². The van der Waals surface area contributed by atoms with E-state index in [1.165, 1.54) is 28.9 Å². The minimum absolute atomic E-state index is 0.142. The normalized spacial score (nSPS) is 13.5. The molecule has 0 spiro atoms. The lowest BCUT2D eigenvalue weighted by molar-refractivity contribution is 0.110. The number of allylic oxidation sites excluding steroid dienone is 1. The first kappa shape index (κ1) is 29.5. The average molecular weight is 610 g/mol. The Hall–Kier alpha value is -5.52. The van der Waals surface area contributed by atoms with Crippen molar-refractivity contribution in [1.82, 2.24) is 34.4 Å². The van der Waals surface area contributed by atoms with Gasteiger partial charge in [0, 0.05) is 66.1 Å². The van der Waals surface area contributed by atoms with Crippen molar-refractivity contribution in [2.24, 2.45) is 0 Å². The highest BCUT2D eigenvalue weighted by molar-refractivity contribution is 5.69. The number of hydrogen-bond donors (Lipinski definition) is 0. The van der Waals surface area contributed by atoms with Crippen molar-refractivity contribution < 1.29 is 18.3 Å². The van der Waals surface area contributed by atoms with Crippen LogP contribution in [0.25, 0.3) is 33.8 Å². The molecule has 0 radical (unpaired) electrons. The quantitative estimate of drug-likeness (QED) is 0.213. The molecular formula is C33H29F2N7O3. The Morgan fingerprint density at radius 1 is 0.933 bits per heavy atom. The van der Waals surface area contributed by atoms with Crippen LogP contribution in [0.1, 0.15) is 31.4 Å². The number of benzene rings is 2. The molecule has 10 nitrogen and oxygen atoms in total. The fourth-order valence-corrected chi connectivity index (χ4v) is 5.24. The van der Waals surface area contributed by atoms with Gasteiger partial charge in [-0.1, -0.05) is 24.8 Å². The van der Waals surface area contributed by atoms with E-state index in [9.17, 15) is 18.4 Å². The molecule has 0 atom stereocenters. The van der Waals surface area contributed by atoms with Gasteiger partial charge in [0.05, 0.1) is 30.2 Å². The summed E-state index contributed by atoms with van der Waals surface area (Å²) in [6.07, 6.45) is 8.35. The number of aromatic nitrogens is 6. The second-order valence-corrected chi connectivity index (χ2v) is 10.9. The van der Waals surface area contributed by atoms with Crippen molar-refractivity contribution in [2.45, 2.75) is 32.4 Å². The van der Waals surface area contributed by atoms with E-state index in [0.29, 0.717) is 24.7 Å². The molecule has 0 bridgehead atoms. The minimum atomic E-state index is -0.724. The second kappa shape index (κ2) is 12.6. The Bertz CT molecular complexity index is 1910. The molecule has 3 aromatic heterocycles. The van der Waals surface area contributed by atoms with Crippen molar-refractivity contribution in [3.8, 4) is 33.8 Å². The van der Waals surface area contributed by atoms with E-state index in [-0.39, 0.29) is 35.5 Å². The average Bonchev–Trinajstić information content (AvgIpc) is 3.52. The molecule has 1 aliphatic rings. The molecule has 1 amide bonds. The van der Waals surface area contributed by atoms with Gasteiger partial charge in [0.2, 0.25) is 0 Å². The predicted molar refractivity (Wildman–Crippen MR) is 163 cm³/mol. The van der Waals surface area contributed by atoms with Crippen LogP contribution in [0.15, 0.2) is 96.5 Å². The first-order chi connectivity index (χ1) is 21.7. The highest BCUT2D eigenvalue weighted by Crippen LogP contribution is 2.27. The number of rotatable bonds is 7. The van der Waals surface area contributed by atoms with Crippen LogP contribution in [0, 0.1) is 11.6 Å². The third-order valence-corrected chi connectivity index (χ3v) is 7.49. The number of likely N-dealkylation sites (tertiary alicyclic amines) is 1. The van der Waals surface area contributed by atoms with Gasteiger partial charge in [-0.3, -0.25) is 9.48 Å². The molecule has 1 fully saturated rings.